The van der Waals surface area contributed by atoms with E-state index in [2.05, 4.69) is 11.9 Å². The molecule has 1 heterocycles. The van der Waals surface area contributed by atoms with E-state index in [1.54, 1.807) is 17.0 Å². The molecule has 1 fully saturated rings. The lowest BCUT2D eigenvalue weighted by Gasteiger charge is -2.17. The molecule has 0 aromatic heterocycles. The maximum atomic E-state index is 12.0. The molecule has 0 saturated carbocycles. The van der Waals surface area contributed by atoms with Crippen molar-refractivity contribution in [1.82, 2.24) is 10.2 Å². The maximum Gasteiger partial charge on any atom is 0.225 e. The summed E-state index contributed by atoms with van der Waals surface area (Å²) >= 11 is 6.09. The average molecular weight is 293 g/mol. The molecular weight excluding hydrogens is 276 g/mol. The van der Waals surface area contributed by atoms with Gasteiger partial charge in [0.1, 0.15) is 0 Å². The Morgan fingerprint density at radius 3 is 2.95 bits per heavy atom. The Morgan fingerprint density at radius 2 is 2.25 bits per heavy atom. The van der Waals surface area contributed by atoms with Crippen LogP contribution in [0, 0.1) is 0 Å². The van der Waals surface area contributed by atoms with Gasteiger partial charge < -0.3 is 10.2 Å². The van der Waals surface area contributed by atoms with E-state index in [0.29, 0.717) is 24.5 Å². The lowest BCUT2D eigenvalue weighted by atomic mass is 10.2. The minimum absolute atomic E-state index is 0.0359. The van der Waals surface area contributed by atoms with E-state index >= 15 is 0 Å². The molecule has 0 bridgehead atoms. The summed E-state index contributed by atoms with van der Waals surface area (Å²) in [6.45, 7) is 4.52. The fourth-order valence-electron chi connectivity index (χ4n) is 2.27. The first-order chi connectivity index (χ1) is 9.60. The predicted octanol–water partition coefficient (Wildman–Crippen LogP) is 2.13. The third-order valence-corrected chi connectivity index (χ3v) is 3.60. The van der Waals surface area contributed by atoms with Crippen molar-refractivity contribution in [3.63, 3.8) is 0 Å². The third-order valence-electron chi connectivity index (χ3n) is 3.23. The fraction of sp³-hybridized carbons (Fsp3) is 0.333. The van der Waals surface area contributed by atoms with Crippen LogP contribution in [-0.2, 0) is 16.1 Å². The lowest BCUT2D eigenvalue weighted by molar-refractivity contribution is -0.128. The molecule has 2 rings (SSSR count). The minimum atomic E-state index is -0.127. The molecule has 1 aromatic rings. The largest absolute Gasteiger partial charge is 0.351 e. The van der Waals surface area contributed by atoms with Gasteiger partial charge in [-0.25, -0.2) is 0 Å². The molecule has 1 aromatic carbocycles. The van der Waals surface area contributed by atoms with Crippen molar-refractivity contribution in [1.29, 1.82) is 0 Å². The summed E-state index contributed by atoms with van der Waals surface area (Å²) in [7, 11) is 0. The number of halogens is 1. The highest BCUT2D eigenvalue weighted by Gasteiger charge is 2.30. The second-order valence-corrected chi connectivity index (χ2v) is 5.23. The third kappa shape index (κ3) is 3.61. The average Bonchev–Trinajstić information content (AvgIpc) is 2.72. The second-order valence-electron chi connectivity index (χ2n) is 4.83. The van der Waals surface area contributed by atoms with Gasteiger partial charge in [0.25, 0.3) is 0 Å². The highest BCUT2D eigenvalue weighted by molar-refractivity contribution is 6.31. The zero-order valence-corrected chi connectivity index (χ0v) is 11.9. The number of likely N-dealkylation sites (tertiary alicyclic amines) is 1. The van der Waals surface area contributed by atoms with Crippen LogP contribution >= 0.6 is 11.6 Å². The van der Waals surface area contributed by atoms with E-state index in [1.807, 2.05) is 18.2 Å². The molecule has 1 aliphatic rings. The molecule has 5 heteroatoms. The Bertz CT molecular complexity index is 530. The number of rotatable bonds is 5. The predicted molar refractivity (Wildman–Crippen MR) is 78.2 cm³/mol. The summed E-state index contributed by atoms with van der Waals surface area (Å²) < 4.78 is 0. The van der Waals surface area contributed by atoms with E-state index < -0.39 is 0 Å². The van der Waals surface area contributed by atoms with Gasteiger partial charge in [-0.05, 0) is 11.6 Å². The standard InChI is InChI=1S/C15H17ClN2O2/c1-2-5-14(19)17-12-8-15(20)18(10-12)9-11-6-3-4-7-13(11)16/h2-4,6-7,12H,1,5,8-10H2,(H,17,19). The zero-order chi connectivity index (χ0) is 14.5. The Hall–Kier alpha value is -1.81. The number of nitrogens with zero attached hydrogens (tertiary/aromatic N) is 1. The quantitative estimate of drug-likeness (QED) is 0.845. The van der Waals surface area contributed by atoms with Crippen LogP contribution in [0.2, 0.25) is 5.02 Å². The van der Waals surface area contributed by atoms with Crippen LogP contribution in [0.4, 0.5) is 0 Å². The van der Waals surface area contributed by atoms with Crippen molar-refractivity contribution in [2.24, 2.45) is 0 Å². The molecule has 1 atom stereocenters. The topological polar surface area (TPSA) is 49.4 Å². The molecular formula is C15H17ClN2O2. The van der Waals surface area contributed by atoms with Gasteiger partial charge in [-0.1, -0.05) is 35.9 Å². The number of carbonyl (C=O) groups is 2. The number of amides is 2. The number of hydrogen-bond donors (Lipinski definition) is 1. The van der Waals surface area contributed by atoms with Gasteiger partial charge >= 0.3 is 0 Å². The SMILES string of the molecule is C=CCC(=O)NC1CC(=O)N(Cc2ccccc2Cl)C1. The molecule has 1 saturated heterocycles. The van der Waals surface area contributed by atoms with Crippen LogP contribution in [-0.4, -0.2) is 29.3 Å². The Morgan fingerprint density at radius 1 is 1.50 bits per heavy atom. The highest BCUT2D eigenvalue weighted by atomic mass is 35.5. The van der Waals surface area contributed by atoms with E-state index in [9.17, 15) is 9.59 Å². The number of hydrogen-bond acceptors (Lipinski definition) is 2. The molecule has 0 radical (unpaired) electrons. The monoisotopic (exact) mass is 292 g/mol. The van der Waals surface area contributed by atoms with Gasteiger partial charge in [-0.2, -0.15) is 0 Å². The van der Waals surface area contributed by atoms with Gasteiger partial charge in [0.15, 0.2) is 0 Å². The van der Waals surface area contributed by atoms with Crippen LogP contribution < -0.4 is 5.32 Å². The van der Waals surface area contributed by atoms with Crippen molar-refractivity contribution in [2.45, 2.75) is 25.4 Å². The van der Waals surface area contributed by atoms with E-state index in [0.717, 1.165) is 5.56 Å². The first kappa shape index (κ1) is 14.6. The number of benzene rings is 1. The number of carbonyl (C=O) groups excluding carboxylic acids is 2. The van der Waals surface area contributed by atoms with E-state index in [-0.39, 0.29) is 24.3 Å². The molecule has 0 aliphatic carbocycles. The van der Waals surface area contributed by atoms with Gasteiger partial charge in [0.05, 0.1) is 6.04 Å². The van der Waals surface area contributed by atoms with E-state index in [4.69, 9.17) is 11.6 Å². The lowest BCUT2D eigenvalue weighted by Crippen LogP contribution is -2.36. The summed E-state index contributed by atoms with van der Waals surface area (Å²) in [5.41, 5.74) is 0.917. The Balaban J connectivity index is 1.94. The number of nitrogens with one attached hydrogen (secondary N) is 1. The molecule has 106 valence electrons. The molecule has 20 heavy (non-hydrogen) atoms. The van der Waals surface area contributed by atoms with Crippen molar-refractivity contribution < 1.29 is 9.59 Å². The Labute approximate surface area is 123 Å². The summed E-state index contributed by atoms with van der Waals surface area (Å²) in [6, 6.07) is 7.33. The van der Waals surface area contributed by atoms with Gasteiger partial charge in [-0.3, -0.25) is 9.59 Å². The first-order valence-electron chi connectivity index (χ1n) is 6.51. The van der Waals surface area contributed by atoms with Crippen LogP contribution in [0.1, 0.15) is 18.4 Å². The van der Waals surface area contributed by atoms with Gasteiger partial charge in [0, 0.05) is 31.0 Å². The molecule has 0 spiro atoms. The molecule has 2 amide bonds. The summed E-state index contributed by atoms with van der Waals surface area (Å²) in [5, 5.41) is 3.49. The molecule has 4 nitrogen and oxygen atoms in total. The van der Waals surface area contributed by atoms with Crippen LogP contribution in [0.5, 0.6) is 0 Å². The molecule has 1 N–H and O–H groups in total. The summed E-state index contributed by atoms with van der Waals surface area (Å²) in [4.78, 5) is 25.2. The zero-order valence-electron chi connectivity index (χ0n) is 11.1. The van der Waals surface area contributed by atoms with E-state index in [1.165, 1.54) is 0 Å². The van der Waals surface area contributed by atoms with Crippen LogP contribution in [0.3, 0.4) is 0 Å². The second kappa shape index (κ2) is 6.57. The smallest absolute Gasteiger partial charge is 0.225 e. The molecule has 1 aliphatic heterocycles. The fourth-order valence-corrected chi connectivity index (χ4v) is 2.47. The summed E-state index contributed by atoms with van der Waals surface area (Å²) in [5.74, 6) is -0.0637. The van der Waals surface area contributed by atoms with Crippen molar-refractivity contribution in [3.8, 4) is 0 Å². The first-order valence-corrected chi connectivity index (χ1v) is 6.89. The van der Waals surface area contributed by atoms with Crippen LogP contribution in [0.15, 0.2) is 36.9 Å². The van der Waals surface area contributed by atoms with Gasteiger partial charge in [-0.15, -0.1) is 6.58 Å². The van der Waals surface area contributed by atoms with Gasteiger partial charge in [0.2, 0.25) is 11.8 Å². The van der Waals surface area contributed by atoms with Crippen LogP contribution in [0.25, 0.3) is 0 Å². The van der Waals surface area contributed by atoms with Crippen molar-refractivity contribution in [3.05, 3.63) is 47.5 Å². The summed E-state index contributed by atoms with van der Waals surface area (Å²) in [6.07, 6.45) is 2.16. The Kier molecular flexibility index (Phi) is 4.79. The normalized spacial score (nSPS) is 18.1. The highest BCUT2D eigenvalue weighted by Crippen LogP contribution is 2.20. The molecule has 1 unspecified atom stereocenters. The van der Waals surface area contributed by atoms with Crippen molar-refractivity contribution >= 4 is 23.4 Å². The van der Waals surface area contributed by atoms with Crippen molar-refractivity contribution in [2.75, 3.05) is 6.54 Å². The minimum Gasteiger partial charge on any atom is -0.351 e. The maximum absolute atomic E-state index is 12.0.